The first-order valence-corrected chi connectivity index (χ1v) is 22.9. The van der Waals surface area contributed by atoms with Crippen LogP contribution in [0.2, 0.25) is 10.0 Å². The molecule has 1 fully saturated rings. The lowest BCUT2D eigenvalue weighted by Gasteiger charge is -2.26. The smallest absolute Gasteiger partial charge is 0.339 e. The molecule has 9 rings (SSSR count). The topological polar surface area (TPSA) is 237 Å². The number of morpholine rings is 1. The van der Waals surface area contributed by atoms with Crippen LogP contribution in [-0.2, 0) is 9.47 Å². The number of pyridine rings is 2. The van der Waals surface area contributed by atoms with Gasteiger partial charge in [0.25, 0.3) is 11.8 Å². The van der Waals surface area contributed by atoms with E-state index < -0.39 is 23.8 Å². The number of carboxylic acid groups (broad SMARTS) is 1. The van der Waals surface area contributed by atoms with E-state index in [1.165, 1.54) is 21.9 Å². The highest BCUT2D eigenvalue weighted by molar-refractivity contribution is 6.34. The molecule has 4 aromatic carbocycles. The fourth-order valence-electron chi connectivity index (χ4n) is 7.86. The van der Waals surface area contributed by atoms with Crippen LogP contribution in [0.4, 0.5) is 11.4 Å². The third kappa shape index (κ3) is 11.0. The molecular formula is C52H45Cl2N9O9. The maximum Gasteiger partial charge on any atom is 0.339 e. The Morgan fingerprint density at radius 2 is 1.07 bits per heavy atom. The molecule has 1 aliphatic heterocycles. The van der Waals surface area contributed by atoms with Crippen LogP contribution in [0.1, 0.15) is 62.1 Å². The van der Waals surface area contributed by atoms with Crippen LogP contribution in [0.3, 0.4) is 0 Å². The van der Waals surface area contributed by atoms with Gasteiger partial charge in [-0.15, -0.1) is 0 Å². The number of ether oxygens (including phenoxy) is 2. The normalized spacial score (nSPS) is 12.4. The number of esters is 1. The van der Waals surface area contributed by atoms with E-state index in [9.17, 15) is 33.9 Å². The van der Waals surface area contributed by atoms with Crippen LogP contribution in [0.15, 0.2) is 134 Å². The van der Waals surface area contributed by atoms with Gasteiger partial charge in [0.15, 0.2) is 0 Å². The highest BCUT2D eigenvalue weighted by atomic mass is 35.5. The summed E-state index contributed by atoms with van der Waals surface area (Å²) in [4.78, 5) is 78.4. The van der Waals surface area contributed by atoms with Crippen molar-refractivity contribution >= 4 is 81.2 Å². The Labute approximate surface area is 421 Å². The summed E-state index contributed by atoms with van der Waals surface area (Å²) in [5, 5.41) is 18.3. The Morgan fingerprint density at radius 3 is 1.51 bits per heavy atom. The molecule has 5 N–H and O–H groups in total. The zero-order chi connectivity index (χ0) is 51.2. The van der Waals surface area contributed by atoms with Gasteiger partial charge in [-0.25, -0.2) is 18.6 Å². The number of primary amides is 2. The Balaban J connectivity index is 0.000000197. The number of aromatic nitrogens is 4. The lowest BCUT2D eigenvalue weighted by Crippen LogP contribution is -2.38. The third-order valence-electron chi connectivity index (χ3n) is 12.0. The quantitative estimate of drug-likeness (QED) is 0.0969. The van der Waals surface area contributed by atoms with Crippen LogP contribution in [-0.4, -0.2) is 118 Å². The lowest BCUT2D eigenvalue weighted by atomic mass is 10.0. The number of hydrogen-bond donors (Lipinski definition) is 3. The second-order valence-corrected chi connectivity index (χ2v) is 17.3. The van der Waals surface area contributed by atoms with Gasteiger partial charge in [0.1, 0.15) is 6.61 Å². The first kappa shape index (κ1) is 50.0. The van der Waals surface area contributed by atoms with E-state index in [4.69, 9.17) is 44.1 Å². The first-order chi connectivity index (χ1) is 34.6. The van der Waals surface area contributed by atoms with Gasteiger partial charge in [0.2, 0.25) is 11.8 Å². The fourth-order valence-corrected chi connectivity index (χ4v) is 8.25. The van der Waals surface area contributed by atoms with E-state index in [0.717, 1.165) is 35.3 Å². The maximum atomic E-state index is 13.5. The van der Waals surface area contributed by atoms with Gasteiger partial charge < -0.3 is 35.8 Å². The molecule has 0 aliphatic carbocycles. The van der Waals surface area contributed by atoms with E-state index in [-0.39, 0.29) is 39.6 Å². The van der Waals surface area contributed by atoms with Crippen molar-refractivity contribution in [3.63, 3.8) is 0 Å². The first-order valence-electron chi connectivity index (χ1n) is 22.2. The van der Waals surface area contributed by atoms with Gasteiger partial charge in [-0.05, 0) is 96.1 Å². The number of carbonyl (C=O) groups excluding carboxylic acids is 5. The van der Waals surface area contributed by atoms with Gasteiger partial charge in [0.05, 0.1) is 57.8 Å². The van der Waals surface area contributed by atoms with Crippen LogP contribution in [0.5, 0.6) is 0 Å². The summed E-state index contributed by atoms with van der Waals surface area (Å²) in [5.41, 5.74) is 17.9. The number of aromatic carboxylic acids is 1. The fraction of sp³-hybridized carbons (Fsp3) is 0.154. The zero-order valence-corrected chi connectivity index (χ0v) is 40.2. The van der Waals surface area contributed by atoms with Gasteiger partial charge in [0, 0.05) is 90.9 Å². The van der Waals surface area contributed by atoms with Crippen LogP contribution in [0.25, 0.3) is 33.3 Å². The molecule has 0 radical (unpaired) electrons. The summed E-state index contributed by atoms with van der Waals surface area (Å²) in [6.07, 6.45) is 6.74. The minimum absolute atomic E-state index is 0.0863. The average molecular weight is 1010 g/mol. The molecule has 20 heteroatoms. The molecule has 18 nitrogen and oxygen atoms in total. The number of carboxylic acids is 1. The molecule has 5 heterocycles. The molecule has 1 aliphatic rings. The molecule has 8 aromatic rings. The number of nitrogens with zero attached hydrogens (tertiary/aromatic N) is 7. The summed E-state index contributed by atoms with van der Waals surface area (Å²) in [6.45, 7) is 3.78. The lowest BCUT2D eigenvalue weighted by molar-refractivity contribution is 0.0195. The molecule has 1 saturated heterocycles. The molecule has 72 heavy (non-hydrogen) atoms. The standard InChI is InChI=1S/C29H28ClN5O5.C23H17ClN4O4/c1-33(22-6-7-25(30)23(17-22)29(38)40-15-12-34-10-13-39-14-11-34)28(37)21-8-9-35-26(16-21)24(18-32-35)19-2-4-20(5-3-19)27(31)36;1-27(16-6-7-19(24)17(11-16)23(31)32)22(30)15-8-9-28-20(10-15)18(12-26-28)13-2-4-14(5-3-13)21(25)29/h2-9,16-18H,10-15H2,1H3,(H2,31,36);2-12H,1H3,(H2,25,29)(H,31,32). The largest absolute Gasteiger partial charge is 0.478 e. The van der Waals surface area contributed by atoms with Crippen molar-refractivity contribution in [3.8, 4) is 22.3 Å². The Hall–Kier alpha value is -8.42. The number of anilines is 2. The number of benzene rings is 4. The van der Waals surface area contributed by atoms with Crippen LogP contribution in [0, 0.1) is 0 Å². The van der Waals surface area contributed by atoms with E-state index >= 15 is 0 Å². The minimum Gasteiger partial charge on any atom is -0.478 e. The van der Waals surface area contributed by atoms with Crippen LogP contribution >= 0.6 is 23.2 Å². The molecular weight excluding hydrogens is 966 g/mol. The summed E-state index contributed by atoms with van der Waals surface area (Å²) in [6, 6.07) is 29.6. The zero-order valence-electron chi connectivity index (χ0n) is 38.7. The number of rotatable bonds is 13. The van der Waals surface area contributed by atoms with E-state index in [1.54, 1.807) is 145 Å². The van der Waals surface area contributed by atoms with Crippen molar-refractivity contribution in [2.75, 3.05) is 63.4 Å². The maximum absolute atomic E-state index is 13.5. The highest BCUT2D eigenvalue weighted by Gasteiger charge is 2.22. The number of halogens is 2. The summed E-state index contributed by atoms with van der Waals surface area (Å²) >= 11 is 12.2. The second-order valence-electron chi connectivity index (χ2n) is 16.4. The third-order valence-corrected chi connectivity index (χ3v) is 12.6. The minimum atomic E-state index is -1.18. The van der Waals surface area contributed by atoms with Gasteiger partial charge in [-0.1, -0.05) is 47.5 Å². The molecule has 366 valence electrons. The van der Waals surface area contributed by atoms with E-state index in [1.807, 2.05) is 0 Å². The van der Waals surface area contributed by atoms with Gasteiger partial charge >= 0.3 is 11.9 Å². The number of amides is 4. The highest BCUT2D eigenvalue weighted by Crippen LogP contribution is 2.30. The van der Waals surface area contributed by atoms with Crippen molar-refractivity contribution in [2.45, 2.75) is 0 Å². The molecule has 0 atom stereocenters. The molecule has 4 amide bonds. The molecule has 0 spiro atoms. The van der Waals surface area contributed by atoms with Gasteiger partial charge in [-0.3, -0.25) is 24.1 Å². The summed E-state index contributed by atoms with van der Waals surface area (Å²) < 4.78 is 14.1. The number of hydrogen-bond acceptors (Lipinski definition) is 11. The molecule has 0 bridgehead atoms. The molecule has 0 unspecified atom stereocenters. The second kappa shape index (κ2) is 21.7. The Bertz CT molecular complexity index is 3390. The van der Waals surface area contributed by atoms with Crippen molar-refractivity contribution < 1.29 is 43.3 Å². The monoisotopic (exact) mass is 1010 g/mol. The van der Waals surface area contributed by atoms with E-state index in [0.29, 0.717) is 64.4 Å². The summed E-state index contributed by atoms with van der Waals surface area (Å²) in [5.74, 6) is -3.36. The van der Waals surface area contributed by atoms with E-state index in [2.05, 4.69) is 15.1 Å². The van der Waals surface area contributed by atoms with Crippen molar-refractivity contribution in [3.05, 3.63) is 177 Å². The molecule has 0 saturated carbocycles. The predicted octanol–water partition coefficient (Wildman–Crippen LogP) is 7.25. The number of fused-ring (bicyclic) bond motifs is 2. The van der Waals surface area contributed by atoms with Crippen molar-refractivity contribution in [2.24, 2.45) is 11.5 Å². The SMILES string of the molecule is CN(C(=O)c1ccn2ncc(-c3ccc(C(N)=O)cc3)c2c1)c1ccc(Cl)c(C(=O)O)c1.CN(C(=O)c1ccn2ncc(-c3ccc(C(N)=O)cc3)c2c1)c1ccc(Cl)c(C(=O)OCCN2CCOCC2)c1. The summed E-state index contributed by atoms with van der Waals surface area (Å²) in [7, 11) is 3.18. The number of nitrogens with two attached hydrogens (primary N) is 2. The Morgan fingerprint density at radius 1 is 0.625 bits per heavy atom. The number of carbonyl (C=O) groups is 6. The van der Waals surface area contributed by atoms with Crippen molar-refractivity contribution in [1.82, 2.24) is 24.1 Å². The Kier molecular flexibility index (Phi) is 15.1. The average Bonchev–Trinajstić information content (AvgIpc) is 4.03. The van der Waals surface area contributed by atoms with Crippen molar-refractivity contribution in [1.29, 1.82) is 0 Å². The molecule has 4 aromatic heterocycles. The predicted molar refractivity (Wildman–Crippen MR) is 271 cm³/mol. The van der Waals surface area contributed by atoms with Gasteiger partial charge in [-0.2, -0.15) is 10.2 Å². The van der Waals surface area contributed by atoms with Crippen LogP contribution < -0.4 is 21.3 Å².